The number of aromatic nitrogens is 2. The third kappa shape index (κ3) is 2.68. The molecular weight excluding hydrogens is 306 g/mol. The van der Waals surface area contributed by atoms with E-state index in [4.69, 9.17) is 5.11 Å². The van der Waals surface area contributed by atoms with Gasteiger partial charge < -0.3 is 10.0 Å². The average Bonchev–Trinajstić information content (AvgIpc) is 3.09. The van der Waals surface area contributed by atoms with Crippen LogP contribution in [-0.4, -0.2) is 33.3 Å². The lowest BCUT2D eigenvalue weighted by atomic mass is 9.92. The summed E-state index contributed by atoms with van der Waals surface area (Å²) in [5.74, 6) is -1.06. The van der Waals surface area contributed by atoms with Crippen molar-refractivity contribution in [1.82, 2.24) is 9.78 Å². The number of carboxylic acid groups (broad SMARTS) is 1. The molecular formula is C18H21N3O3. The Balaban J connectivity index is 1.94. The second kappa shape index (κ2) is 5.47. The molecule has 2 heterocycles. The Hall–Kier alpha value is -2.63. The predicted octanol–water partition coefficient (Wildman–Crippen LogP) is 2.62. The molecule has 0 fully saturated rings. The largest absolute Gasteiger partial charge is 0.478 e. The first-order valence-corrected chi connectivity index (χ1v) is 7.91. The van der Waals surface area contributed by atoms with E-state index in [1.54, 1.807) is 28.8 Å². The van der Waals surface area contributed by atoms with Crippen LogP contribution >= 0.6 is 0 Å². The van der Waals surface area contributed by atoms with Crippen molar-refractivity contribution >= 4 is 17.6 Å². The molecule has 0 aliphatic carbocycles. The van der Waals surface area contributed by atoms with Crippen LogP contribution < -0.4 is 4.90 Å². The number of fused-ring (bicyclic) bond motifs is 1. The number of aryl methyl sites for hydroxylation is 1. The molecule has 1 aliphatic rings. The molecule has 0 saturated heterocycles. The van der Waals surface area contributed by atoms with Crippen molar-refractivity contribution in [3.63, 3.8) is 0 Å². The SMILES string of the molecule is Cn1nc(C(C)(C)C)cc1C(=O)N1CCc2cc(C(=O)O)ccc21. The monoisotopic (exact) mass is 327 g/mol. The van der Waals surface area contributed by atoms with Crippen molar-refractivity contribution in [3.05, 3.63) is 46.8 Å². The quantitative estimate of drug-likeness (QED) is 0.920. The highest BCUT2D eigenvalue weighted by molar-refractivity contribution is 6.06. The van der Waals surface area contributed by atoms with Gasteiger partial charge in [-0.1, -0.05) is 20.8 Å². The van der Waals surface area contributed by atoms with Gasteiger partial charge in [0.05, 0.1) is 11.3 Å². The van der Waals surface area contributed by atoms with Gasteiger partial charge in [-0.05, 0) is 36.2 Å². The highest BCUT2D eigenvalue weighted by Crippen LogP contribution is 2.31. The molecule has 0 bridgehead atoms. The number of hydrogen-bond donors (Lipinski definition) is 1. The summed E-state index contributed by atoms with van der Waals surface area (Å²) in [5.41, 5.74) is 3.20. The van der Waals surface area contributed by atoms with Crippen LogP contribution in [0.15, 0.2) is 24.3 Å². The lowest BCUT2D eigenvalue weighted by Gasteiger charge is -2.17. The van der Waals surface area contributed by atoms with Gasteiger partial charge in [0, 0.05) is 24.7 Å². The molecule has 0 spiro atoms. The number of carbonyl (C=O) groups is 2. The molecule has 3 rings (SSSR count). The first-order chi connectivity index (χ1) is 11.2. The summed E-state index contributed by atoms with van der Waals surface area (Å²) in [7, 11) is 1.77. The Morgan fingerprint density at radius 1 is 1.21 bits per heavy atom. The Morgan fingerprint density at radius 2 is 1.92 bits per heavy atom. The lowest BCUT2D eigenvalue weighted by Crippen LogP contribution is -2.30. The van der Waals surface area contributed by atoms with E-state index in [1.807, 2.05) is 6.07 Å². The number of carbonyl (C=O) groups excluding carboxylic acids is 1. The maximum Gasteiger partial charge on any atom is 0.335 e. The summed E-state index contributed by atoms with van der Waals surface area (Å²) >= 11 is 0. The summed E-state index contributed by atoms with van der Waals surface area (Å²) in [4.78, 5) is 25.7. The van der Waals surface area contributed by atoms with E-state index in [2.05, 4.69) is 25.9 Å². The van der Waals surface area contributed by atoms with Crippen LogP contribution in [0.2, 0.25) is 0 Å². The highest BCUT2D eigenvalue weighted by Gasteiger charge is 2.29. The van der Waals surface area contributed by atoms with Crippen molar-refractivity contribution in [2.45, 2.75) is 32.6 Å². The molecule has 6 nitrogen and oxygen atoms in total. The van der Waals surface area contributed by atoms with Gasteiger partial charge in [0.1, 0.15) is 5.69 Å². The fourth-order valence-electron chi connectivity index (χ4n) is 2.92. The summed E-state index contributed by atoms with van der Waals surface area (Å²) < 4.78 is 1.62. The summed E-state index contributed by atoms with van der Waals surface area (Å²) in [5, 5.41) is 13.6. The van der Waals surface area contributed by atoms with Crippen molar-refractivity contribution in [3.8, 4) is 0 Å². The fraction of sp³-hybridized carbons (Fsp3) is 0.389. The third-order valence-electron chi connectivity index (χ3n) is 4.33. The zero-order chi connectivity index (χ0) is 17.6. The number of aromatic carboxylic acids is 1. The second-order valence-electron chi connectivity index (χ2n) is 7.14. The van der Waals surface area contributed by atoms with Crippen LogP contribution in [0, 0.1) is 0 Å². The van der Waals surface area contributed by atoms with Gasteiger partial charge in [-0.2, -0.15) is 5.10 Å². The molecule has 126 valence electrons. The molecule has 1 aliphatic heterocycles. The standard InChI is InChI=1S/C18H21N3O3/c1-18(2,3)15-10-14(20(4)19-15)16(22)21-8-7-11-9-12(17(23)24)5-6-13(11)21/h5-6,9-10H,7-8H2,1-4H3,(H,23,24). The Labute approximate surface area is 140 Å². The average molecular weight is 327 g/mol. The molecule has 0 unspecified atom stereocenters. The minimum absolute atomic E-state index is 0.109. The van der Waals surface area contributed by atoms with Crippen LogP contribution in [0.4, 0.5) is 5.69 Å². The van der Waals surface area contributed by atoms with Crippen LogP contribution in [0.1, 0.15) is 52.9 Å². The number of rotatable bonds is 2. The molecule has 1 N–H and O–H groups in total. The Morgan fingerprint density at radius 3 is 2.50 bits per heavy atom. The minimum atomic E-state index is -0.955. The maximum atomic E-state index is 12.9. The normalized spacial score (nSPS) is 13.9. The number of carboxylic acids is 1. The maximum absolute atomic E-state index is 12.9. The van der Waals surface area contributed by atoms with E-state index in [0.29, 0.717) is 18.7 Å². The fourth-order valence-corrected chi connectivity index (χ4v) is 2.92. The smallest absolute Gasteiger partial charge is 0.335 e. The van der Waals surface area contributed by atoms with E-state index >= 15 is 0 Å². The van der Waals surface area contributed by atoms with Gasteiger partial charge in [0.25, 0.3) is 5.91 Å². The number of anilines is 1. The van der Waals surface area contributed by atoms with E-state index < -0.39 is 5.97 Å². The van der Waals surface area contributed by atoms with Crippen molar-refractivity contribution in [2.24, 2.45) is 7.05 Å². The molecule has 2 aromatic rings. The van der Waals surface area contributed by atoms with E-state index in [0.717, 1.165) is 16.9 Å². The highest BCUT2D eigenvalue weighted by atomic mass is 16.4. The minimum Gasteiger partial charge on any atom is -0.478 e. The summed E-state index contributed by atoms with van der Waals surface area (Å²) in [6, 6.07) is 6.74. The molecule has 1 aromatic heterocycles. The summed E-state index contributed by atoms with van der Waals surface area (Å²) in [6.07, 6.45) is 0.659. The van der Waals surface area contributed by atoms with Crippen molar-refractivity contribution in [1.29, 1.82) is 0 Å². The number of benzene rings is 1. The molecule has 1 aromatic carbocycles. The first kappa shape index (κ1) is 16.2. The topological polar surface area (TPSA) is 75.4 Å². The first-order valence-electron chi connectivity index (χ1n) is 7.91. The zero-order valence-corrected chi connectivity index (χ0v) is 14.3. The number of amides is 1. The van der Waals surface area contributed by atoms with Crippen molar-refractivity contribution < 1.29 is 14.7 Å². The Kier molecular flexibility index (Phi) is 3.70. The summed E-state index contributed by atoms with van der Waals surface area (Å²) in [6.45, 7) is 6.72. The molecule has 6 heteroatoms. The predicted molar refractivity (Wildman–Crippen MR) is 90.7 cm³/mol. The zero-order valence-electron chi connectivity index (χ0n) is 14.3. The number of nitrogens with zero attached hydrogens (tertiary/aromatic N) is 3. The molecule has 0 radical (unpaired) electrons. The lowest BCUT2D eigenvalue weighted by molar-refractivity contribution is 0.0696. The van der Waals surface area contributed by atoms with Crippen LogP contribution in [0.3, 0.4) is 0 Å². The van der Waals surface area contributed by atoms with Gasteiger partial charge in [0.2, 0.25) is 0 Å². The van der Waals surface area contributed by atoms with Gasteiger partial charge in [0.15, 0.2) is 0 Å². The number of hydrogen-bond acceptors (Lipinski definition) is 3. The van der Waals surface area contributed by atoms with Crippen LogP contribution in [-0.2, 0) is 18.9 Å². The third-order valence-corrected chi connectivity index (χ3v) is 4.33. The van der Waals surface area contributed by atoms with Crippen LogP contribution in [0.5, 0.6) is 0 Å². The van der Waals surface area contributed by atoms with E-state index in [1.165, 1.54) is 6.07 Å². The van der Waals surface area contributed by atoms with Gasteiger partial charge in [-0.3, -0.25) is 9.48 Å². The molecule has 0 atom stereocenters. The second-order valence-corrected chi connectivity index (χ2v) is 7.14. The molecule has 0 saturated carbocycles. The molecule has 1 amide bonds. The van der Waals surface area contributed by atoms with Gasteiger partial charge in [-0.25, -0.2) is 4.79 Å². The molecule has 24 heavy (non-hydrogen) atoms. The van der Waals surface area contributed by atoms with Gasteiger partial charge >= 0.3 is 5.97 Å². The van der Waals surface area contributed by atoms with Crippen molar-refractivity contribution in [2.75, 3.05) is 11.4 Å². The Bertz CT molecular complexity index is 831. The van der Waals surface area contributed by atoms with Crippen LogP contribution in [0.25, 0.3) is 0 Å². The van der Waals surface area contributed by atoms with E-state index in [-0.39, 0.29) is 16.9 Å². The van der Waals surface area contributed by atoms with E-state index in [9.17, 15) is 9.59 Å². The van der Waals surface area contributed by atoms with Gasteiger partial charge in [-0.15, -0.1) is 0 Å².